The lowest BCUT2D eigenvalue weighted by Gasteiger charge is -2.09. The van der Waals surface area contributed by atoms with Crippen molar-refractivity contribution >= 4 is 15.7 Å². The maximum atomic E-state index is 11.5. The lowest BCUT2D eigenvalue weighted by Crippen LogP contribution is -2.30. The fraction of sp³-hybridized carbons (Fsp3) is 0.455. The first-order valence-electron chi connectivity index (χ1n) is 5.60. The molecule has 102 valence electrons. The average Bonchev–Trinajstić information content (AvgIpc) is 2.32. The van der Waals surface area contributed by atoms with E-state index in [-0.39, 0.29) is 25.5 Å². The summed E-state index contributed by atoms with van der Waals surface area (Å²) >= 11 is 0. The molecule has 0 bridgehead atoms. The SMILES string of the molecule is Nc1ccccc1OCCS(=O)(=O)NCCCO. The molecule has 6 nitrogen and oxygen atoms in total. The summed E-state index contributed by atoms with van der Waals surface area (Å²) in [6, 6.07) is 6.90. The Balaban J connectivity index is 2.35. The highest BCUT2D eigenvalue weighted by Crippen LogP contribution is 2.19. The minimum atomic E-state index is -3.36. The van der Waals surface area contributed by atoms with Crippen molar-refractivity contribution in [2.45, 2.75) is 6.42 Å². The number of rotatable bonds is 8. The summed E-state index contributed by atoms with van der Waals surface area (Å²) in [6.07, 6.45) is 0.395. The van der Waals surface area contributed by atoms with E-state index < -0.39 is 10.0 Å². The second kappa shape index (κ2) is 7.20. The molecule has 7 heteroatoms. The van der Waals surface area contributed by atoms with Crippen molar-refractivity contribution in [1.82, 2.24) is 4.72 Å². The van der Waals surface area contributed by atoms with Gasteiger partial charge in [0.2, 0.25) is 10.0 Å². The molecule has 0 aliphatic heterocycles. The average molecular weight is 274 g/mol. The Hall–Kier alpha value is -1.31. The monoisotopic (exact) mass is 274 g/mol. The van der Waals surface area contributed by atoms with Gasteiger partial charge >= 0.3 is 0 Å². The zero-order valence-electron chi connectivity index (χ0n) is 10.0. The lowest BCUT2D eigenvalue weighted by atomic mass is 10.3. The van der Waals surface area contributed by atoms with Crippen molar-refractivity contribution in [3.63, 3.8) is 0 Å². The van der Waals surface area contributed by atoms with E-state index in [1.165, 1.54) is 0 Å². The fourth-order valence-electron chi connectivity index (χ4n) is 1.25. The molecule has 1 rings (SSSR count). The molecule has 0 amide bonds. The molecule has 0 saturated carbocycles. The van der Waals surface area contributed by atoms with E-state index in [4.69, 9.17) is 15.6 Å². The molecule has 0 radical (unpaired) electrons. The third-order valence-corrected chi connectivity index (χ3v) is 3.53. The first-order chi connectivity index (χ1) is 8.55. The minimum absolute atomic E-state index is 0.0304. The van der Waals surface area contributed by atoms with Crippen LogP contribution in [0, 0.1) is 0 Å². The molecule has 0 aromatic heterocycles. The van der Waals surface area contributed by atoms with Crippen LogP contribution in [0.5, 0.6) is 5.75 Å². The number of hydrogen-bond acceptors (Lipinski definition) is 5. The second-order valence-corrected chi connectivity index (χ2v) is 5.60. The van der Waals surface area contributed by atoms with Crippen LogP contribution < -0.4 is 15.2 Å². The van der Waals surface area contributed by atoms with Crippen LogP contribution in [-0.2, 0) is 10.0 Å². The van der Waals surface area contributed by atoms with Crippen molar-refractivity contribution in [2.24, 2.45) is 0 Å². The highest BCUT2D eigenvalue weighted by atomic mass is 32.2. The lowest BCUT2D eigenvalue weighted by molar-refractivity contribution is 0.289. The van der Waals surface area contributed by atoms with Crippen LogP contribution in [0.4, 0.5) is 5.69 Å². The van der Waals surface area contributed by atoms with Crippen molar-refractivity contribution in [2.75, 3.05) is 31.2 Å². The fourth-order valence-corrected chi connectivity index (χ4v) is 2.15. The van der Waals surface area contributed by atoms with Gasteiger partial charge in [0, 0.05) is 13.2 Å². The van der Waals surface area contributed by atoms with Gasteiger partial charge in [-0.05, 0) is 18.6 Å². The predicted octanol–water partition coefficient (Wildman–Crippen LogP) is -0.0506. The first kappa shape index (κ1) is 14.7. The van der Waals surface area contributed by atoms with Crippen LogP contribution in [0.15, 0.2) is 24.3 Å². The summed E-state index contributed by atoms with van der Waals surface area (Å²) in [5.74, 6) is 0.329. The van der Waals surface area contributed by atoms with Crippen molar-refractivity contribution < 1.29 is 18.3 Å². The van der Waals surface area contributed by atoms with Gasteiger partial charge < -0.3 is 15.6 Å². The van der Waals surface area contributed by atoms with Crippen LogP contribution in [0.1, 0.15) is 6.42 Å². The summed E-state index contributed by atoms with van der Waals surface area (Å²) in [7, 11) is -3.36. The number of aliphatic hydroxyl groups excluding tert-OH is 1. The summed E-state index contributed by atoms with van der Waals surface area (Å²) < 4.78 is 30.6. The molecule has 0 atom stereocenters. The third-order valence-electron chi connectivity index (χ3n) is 2.19. The van der Waals surface area contributed by atoms with Gasteiger partial charge in [-0.25, -0.2) is 13.1 Å². The Labute approximate surface area is 107 Å². The Morgan fingerprint density at radius 3 is 2.72 bits per heavy atom. The summed E-state index contributed by atoms with van der Waals surface area (Å²) in [4.78, 5) is 0. The quantitative estimate of drug-likeness (QED) is 0.456. The maximum Gasteiger partial charge on any atom is 0.214 e. The number of aliphatic hydroxyl groups is 1. The Kier molecular flexibility index (Phi) is 5.90. The molecule has 4 N–H and O–H groups in total. The third kappa shape index (κ3) is 5.35. The van der Waals surface area contributed by atoms with Gasteiger partial charge in [0.15, 0.2) is 0 Å². The molecular weight excluding hydrogens is 256 g/mol. The molecule has 0 unspecified atom stereocenters. The molecule has 1 aromatic carbocycles. The number of anilines is 1. The Morgan fingerprint density at radius 2 is 2.06 bits per heavy atom. The van der Waals surface area contributed by atoms with E-state index in [2.05, 4.69) is 4.72 Å². The number of nitrogens with two attached hydrogens (primary N) is 1. The molecule has 0 spiro atoms. The molecule has 1 aromatic rings. The van der Waals surface area contributed by atoms with Crippen LogP contribution in [-0.4, -0.2) is 39.0 Å². The zero-order chi connectivity index (χ0) is 13.4. The van der Waals surface area contributed by atoms with Crippen LogP contribution in [0.3, 0.4) is 0 Å². The van der Waals surface area contributed by atoms with Gasteiger partial charge in [-0.2, -0.15) is 0 Å². The van der Waals surface area contributed by atoms with Gasteiger partial charge in [-0.15, -0.1) is 0 Å². The number of nitrogens with one attached hydrogen (secondary N) is 1. The highest BCUT2D eigenvalue weighted by molar-refractivity contribution is 7.89. The summed E-state index contributed by atoms with van der Waals surface area (Å²) in [6.45, 7) is 0.217. The van der Waals surface area contributed by atoms with Crippen LogP contribution in [0.2, 0.25) is 0 Å². The number of benzene rings is 1. The van der Waals surface area contributed by atoms with Gasteiger partial charge in [0.05, 0.1) is 11.4 Å². The smallest absolute Gasteiger partial charge is 0.214 e. The Morgan fingerprint density at radius 1 is 1.33 bits per heavy atom. The number of ether oxygens (including phenoxy) is 1. The van der Waals surface area contributed by atoms with Gasteiger partial charge in [0.1, 0.15) is 12.4 Å². The van der Waals surface area contributed by atoms with E-state index in [0.29, 0.717) is 17.9 Å². The molecule has 0 heterocycles. The van der Waals surface area contributed by atoms with Crippen molar-refractivity contribution in [3.05, 3.63) is 24.3 Å². The van der Waals surface area contributed by atoms with Gasteiger partial charge in [-0.3, -0.25) is 0 Å². The number of sulfonamides is 1. The van der Waals surface area contributed by atoms with Crippen LogP contribution in [0.25, 0.3) is 0 Å². The zero-order valence-corrected chi connectivity index (χ0v) is 10.8. The van der Waals surface area contributed by atoms with Crippen LogP contribution >= 0.6 is 0 Å². The van der Waals surface area contributed by atoms with E-state index in [0.717, 1.165) is 0 Å². The highest BCUT2D eigenvalue weighted by Gasteiger charge is 2.09. The topological polar surface area (TPSA) is 102 Å². The van der Waals surface area contributed by atoms with Gasteiger partial charge in [0.25, 0.3) is 0 Å². The van der Waals surface area contributed by atoms with E-state index in [9.17, 15) is 8.42 Å². The number of hydrogen-bond donors (Lipinski definition) is 3. The minimum Gasteiger partial charge on any atom is -0.490 e. The van der Waals surface area contributed by atoms with Crippen molar-refractivity contribution in [1.29, 1.82) is 0 Å². The first-order valence-corrected chi connectivity index (χ1v) is 7.26. The standard InChI is InChI=1S/C11H18N2O4S/c12-10-4-1-2-5-11(10)17-8-9-18(15,16)13-6-3-7-14/h1-2,4-5,13-14H,3,6-9,12H2. The molecule has 0 fully saturated rings. The second-order valence-electron chi connectivity index (χ2n) is 3.68. The molecule has 18 heavy (non-hydrogen) atoms. The van der Waals surface area contributed by atoms with Gasteiger partial charge in [-0.1, -0.05) is 12.1 Å². The van der Waals surface area contributed by atoms with E-state index >= 15 is 0 Å². The predicted molar refractivity (Wildman–Crippen MR) is 69.8 cm³/mol. The Bertz CT molecular complexity index is 462. The molecule has 0 aliphatic carbocycles. The maximum absolute atomic E-state index is 11.5. The van der Waals surface area contributed by atoms with Crippen molar-refractivity contribution in [3.8, 4) is 5.75 Å². The summed E-state index contributed by atoms with van der Waals surface area (Å²) in [5.41, 5.74) is 6.13. The van der Waals surface area contributed by atoms with E-state index in [1.807, 2.05) is 0 Å². The molecular formula is C11H18N2O4S. The normalized spacial score (nSPS) is 11.4. The van der Waals surface area contributed by atoms with E-state index in [1.54, 1.807) is 24.3 Å². The largest absolute Gasteiger partial charge is 0.490 e. The number of nitrogen functional groups attached to an aromatic ring is 1. The molecule has 0 saturated heterocycles. The number of para-hydroxylation sites is 2. The molecule has 0 aliphatic rings. The summed E-state index contributed by atoms with van der Waals surface area (Å²) in [5, 5.41) is 8.54.